The number of methoxy groups -OCH3 is 1. The number of nitrogens with zero attached hydrogens (tertiary/aromatic N) is 4. The van der Waals surface area contributed by atoms with Gasteiger partial charge < -0.3 is 24.8 Å². The van der Waals surface area contributed by atoms with Crippen LogP contribution in [-0.4, -0.2) is 109 Å². The molecule has 0 aliphatic carbocycles. The summed E-state index contributed by atoms with van der Waals surface area (Å²) in [5.41, 5.74) is 0. The Kier molecular flexibility index (Phi) is 7.41. The van der Waals surface area contributed by atoms with Crippen LogP contribution >= 0.6 is 0 Å². The van der Waals surface area contributed by atoms with E-state index in [1.807, 2.05) is 11.9 Å². The van der Waals surface area contributed by atoms with Crippen molar-refractivity contribution >= 4 is 11.8 Å². The monoisotopic (exact) mass is 392 g/mol. The number of amides is 2. The van der Waals surface area contributed by atoms with Crippen LogP contribution < -0.4 is 5.32 Å². The predicted molar refractivity (Wildman–Crippen MR) is 105 cm³/mol. The Bertz CT molecular complexity index is 630. The molecule has 1 aromatic rings. The zero-order valence-electron chi connectivity index (χ0n) is 16.9. The predicted octanol–water partition coefficient (Wildman–Crippen LogP) is -0.359. The van der Waals surface area contributed by atoms with Crippen molar-refractivity contribution in [3.63, 3.8) is 0 Å². The number of piperazine rings is 1. The minimum atomic E-state index is -0.194. The average molecular weight is 393 g/mol. The second kappa shape index (κ2) is 9.99. The fourth-order valence-electron chi connectivity index (χ4n) is 4.04. The van der Waals surface area contributed by atoms with Gasteiger partial charge in [0.05, 0.1) is 12.5 Å². The number of imidazole rings is 1. The standard InChI is InChI=1S/C19H32N6O3/c1-23-13-15(19(27)25-9-7-24(8-10-25)11-12-28-2)3-4-16(14-23)22-18(26)17-20-5-6-21-17/h5-6,15-16H,3-4,7-14H2,1-2H3,(H,20,21)(H,22,26)/t15-,16+/m1/s1. The van der Waals surface area contributed by atoms with Crippen molar-refractivity contribution in [1.82, 2.24) is 30.0 Å². The van der Waals surface area contributed by atoms with Gasteiger partial charge in [-0.25, -0.2) is 4.98 Å². The number of nitrogens with one attached hydrogen (secondary N) is 2. The van der Waals surface area contributed by atoms with Gasteiger partial charge in [-0.15, -0.1) is 0 Å². The van der Waals surface area contributed by atoms with E-state index in [-0.39, 0.29) is 23.8 Å². The Morgan fingerprint density at radius 3 is 2.71 bits per heavy atom. The number of likely N-dealkylation sites (tertiary alicyclic amines) is 1. The quantitative estimate of drug-likeness (QED) is 0.687. The molecule has 0 unspecified atom stereocenters. The zero-order valence-corrected chi connectivity index (χ0v) is 16.9. The Balaban J connectivity index is 1.49. The molecule has 28 heavy (non-hydrogen) atoms. The smallest absolute Gasteiger partial charge is 0.287 e. The van der Waals surface area contributed by atoms with Crippen LogP contribution in [0.1, 0.15) is 23.5 Å². The number of aromatic nitrogens is 2. The van der Waals surface area contributed by atoms with Gasteiger partial charge in [0, 0.05) is 71.4 Å². The summed E-state index contributed by atoms with van der Waals surface area (Å²) in [6.07, 6.45) is 4.78. The molecular weight excluding hydrogens is 360 g/mol. The highest BCUT2D eigenvalue weighted by molar-refractivity contribution is 5.90. The lowest BCUT2D eigenvalue weighted by molar-refractivity contribution is -0.138. The van der Waals surface area contributed by atoms with Crippen LogP contribution in [0.4, 0.5) is 0 Å². The average Bonchev–Trinajstić information content (AvgIpc) is 3.17. The molecule has 0 aromatic carbocycles. The first kappa shape index (κ1) is 20.8. The van der Waals surface area contributed by atoms with Crippen LogP contribution in [0.15, 0.2) is 12.4 Å². The molecule has 156 valence electrons. The summed E-state index contributed by atoms with van der Waals surface area (Å²) >= 11 is 0. The fraction of sp³-hybridized carbons (Fsp3) is 0.737. The molecule has 2 amide bonds. The molecule has 2 atom stereocenters. The van der Waals surface area contributed by atoms with Crippen molar-refractivity contribution in [2.45, 2.75) is 18.9 Å². The van der Waals surface area contributed by atoms with Gasteiger partial charge in [-0.2, -0.15) is 0 Å². The number of H-pyrrole nitrogens is 1. The summed E-state index contributed by atoms with van der Waals surface area (Å²) in [5, 5.41) is 3.04. The topological polar surface area (TPSA) is 93.8 Å². The normalized spacial score (nSPS) is 24.7. The third-order valence-electron chi connectivity index (χ3n) is 5.62. The van der Waals surface area contributed by atoms with Crippen molar-refractivity contribution in [3.8, 4) is 0 Å². The molecule has 2 fully saturated rings. The summed E-state index contributed by atoms with van der Waals surface area (Å²) in [6.45, 7) is 6.48. The molecule has 0 saturated carbocycles. The van der Waals surface area contributed by atoms with Gasteiger partial charge in [-0.3, -0.25) is 14.5 Å². The Morgan fingerprint density at radius 1 is 1.25 bits per heavy atom. The number of hydrogen-bond acceptors (Lipinski definition) is 6. The lowest BCUT2D eigenvalue weighted by atomic mass is 10.00. The lowest BCUT2D eigenvalue weighted by Gasteiger charge is -2.36. The molecule has 2 aliphatic heterocycles. The third kappa shape index (κ3) is 5.52. The van der Waals surface area contributed by atoms with Crippen molar-refractivity contribution in [3.05, 3.63) is 18.2 Å². The molecule has 0 radical (unpaired) electrons. The number of ether oxygens (including phenoxy) is 1. The van der Waals surface area contributed by atoms with Gasteiger partial charge in [0.2, 0.25) is 5.91 Å². The van der Waals surface area contributed by atoms with E-state index in [0.29, 0.717) is 5.82 Å². The number of aromatic amines is 1. The fourth-order valence-corrected chi connectivity index (χ4v) is 4.04. The molecule has 2 N–H and O–H groups in total. The van der Waals surface area contributed by atoms with Crippen LogP contribution in [0.25, 0.3) is 0 Å². The highest BCUT2D eigenvalue weighted by atomic mass is 16.5. The van der Waals surface area contributed by atoms with Gasteiger partial charge in [0.25, 0.3) is 5.91 Å². The SMILES string of the molecule is COCCN1CCN(C(=O)[C@@H]2CC[C@H](NC(=O)c3ncc[nH]3)CN(C)C2)CC1. The Labute approximate surface area is 166 Å². The van der Waals surface area contributed by atoms with Crippen LogP contribution in [-0.2, 0) is 9.53 Å². The molecule has 0 spiro atoms. The van der Waals surface area contributed by atoms with E-state index >= 15 is 0 Å². The Morgan fingerprint density at radius 2 is 2.04 bits per heavy atom. The van der Waals surface area contributed by atoms with Crippen molar-refractivity contribution in [2.24, 2.45) is 5.92 Å². The third-order valence-corrected chi connectivity index (χ3v) is 5.62. The molecule has 3 heterocycles. The summed E-state index contributed by atoms with van der Waals surface area (Å²) in [5.74, 6) is 0.364. The summed E-state index contributed by atoms with van der Waals surface area (Å²) in [6, 6.07) is 0.0197. The van der Waals surface area contributed by atoms with Crippen LogP contribution in [0.3, 0.4) is 0 Å². The van der Waals surface area contributed by atoms with Gasteiger partial charge in [-0.05, 0) is 19.9 Å². The maximum atomic E-state index is 13.0. The van der Waals surface area contributed by atoms with E-state index in [4.69, 9.17) is 4.74 Å². The minimum Gasteiger partial charge on any atom is -0.383 e. The molecular formula is C19H32N6O3. The van der Waals surface area contributed by atoms with Gasteiger partial charge in [0.1, 0.15) is 0 Å². The minimum absolute atomic E-state index is 0.0129. The van der Waals surface area contributed by atoms with E-state index in [9.17, 15) is 9.59 Å². The number of carbonyl (C=O) groups excluding carboxylic acids is 2. The summed E-state index contributed by atoms with van der Waals surface area (Å²) in [7, 11) is 3.73. The molecule has 2 saturated heterocycles. The second-order valence-corrected chi connectivity index (χ2v) is 7.76. The molecule has 9 heteroatoms. The van der Waals surface area contributed by atoms with Gasteiger partial charge >= 0.3 is 0 Å². The van der Waals surface area contributed by atoms with Crippen LogP contribution in [0.2, 0.25) is 0 Å². The number of likely N-dealkylation sites (N-methyl/N-ethyl adjacent to an activating group) is 1. The Hall–Kier alpha value is -1.97. The molecule has 2 aliphatic rings. The molecule has 3 rings (SSSR count). The second-order valence-electron chi connectivity index (χ2n) is 7.76. The maximum absolute atomic E-state index is 13.0. The van der Waals surface area contributed by atoms with E-state index in [1.165, 1.54) is 0 Å². The van der Waals surface area contributed by atoms with Gasteiger partial charge in [-0.1, -0.05) is 0 Å². The first-order chi connectivity index (χ1) is 13.6. The maximum Gasteiger partial charge on any atom is 0.287 e. The van der Waals surface area contributed by atoms with E-state index < -0.39 is 0 Å². The number of rotatable bonds is 6. The highest BCUT2D eigenvalue weighted by Gasteiger charge is 2.32. The number of carbonyl (C=O) groups is 2. The number of hydrogen-bond donors (Lipinski definition) is 2. The van der Waals surface area contributed by atoms with E-state index in [2.05, 4.69) is 25.1 Å². The van der Waals surface area contributed by atoms with Crippen molar-refractivity contribution in [2.75, 3.05) is 66.6 Å². The van der Waals surface area contributed by atoms with Crippen LogP contribution in [0.5, 0.6) is 0 Å². The van der Waals surface area contributed by atoms with Crippen molar-refractivity contribution in [1.29, 1.82) is 0 Å². The summed E-state index contributed by atoms with van der Waals surface area (Å²) < 4.78 is 5.14. The van der Waals surface area contributed by atoms with Gasteiger partial charge in [0.15, 0.2) is 5.82 Å². The largest absolute Gasteiger partial charge is 0.383 e. The first-order valence-corrected chi connectivity index (χ1v) is 10.1. The molecule has 1 aromatic heterocycles. The first-order valence-electron chi connectivity index (χ1n) is 10.1. The van der Waals surface area contributed by atoms with Crippen molar-refractivity contribution < 1.29 is 14.3 Å². The van der Waals surface area contributed by atoms with E-state index in [1.54, 1.807) is 19.5 Å². The van der Waals surface area contributed by atoms with Crippen LogP contribution in [0, 0.1) is 5.92 Å². The molecule has 0 bridgehead atoms. The van der Waals surface area contributed by atoms with E-state index in [0.717, 1.165) is 65.3 Å². The summed E-state index contributed by atoms with van der Waals surface area (Å²) in [4.78, 5) is 38.6. The highest BCUT2D eigenvalue weighted by Crippen LogP contribution is 2.19. The zero-order chi connectivity index (χ0) is 19.9. The lowest BCUT2D eigenvalue weighted by Crippen LogP contribution is -2.51. The molecule has 9 nitrogen and oxygen atoms in total.